The van der Waals surface area contributed by atoms with Gasteiger partial charge in [0.1, 0.15) is 13.2 Å². The summed E-state index contributed by atoms with van der Waals surface area (Å²) in [6, 6.07) is 7.83. The summed E-state index contributed by atoms with van der Waals surface area (Å²) >= 11 is 0. The second-order valence-corrected chi connectivity index (χ2v) is 4.76. The van der Waals surface area contributed by atoms with Gasteiger partial charge >= 0.3 is 5.97 Å². The molecule has 0 heterocycles. The fourth-order valence-corrected chi connectivity index (χ4v) is 1.82. The van der Waals surface area contributed by atoms with Crippen molar-refractivity contribution in [2.24, 2.45) is 0 Å². The number of rotatable bonds is 5. The zero-order valence-electron chi connectivity index (χ0n) is 12.4. The lowest BCUT2D eigenvalue weighted by molar-refractivity contribution is -0.143. The van der Waals surface area contributed by atoms with E-state index >= 15 is 0 Å². The first-order valence-corrected chi connectivity index (χ1v) is 6.82. The summed E-state index contributed by atoms with van der Waals surface area (Å²) in [4.78, 5) is 23.1. The summed E-state index contributed by atoms with van der Waals surface area (Å²) in [5, 5.41) is 2.19. The van der Waals surface area contributed by atoms with Crippen LogP contribution in [0.5, 0.6) is 0 Å². The summed E-state index contributed by atoms with van der Waals surface area (Å²) in [6.45, 7) is -1.82. The summed E-state index contributed by atoms with van der Waals surface area (Å²) in [5.74, 6) is -12.5. The fraction of sp³-hybridized carbons (Fsp3) is 0.125. The fourth-order valence-electron chi connectivity index (χ4n) is 1.82. The molecule has 0 aromatic heterocycles. The van der Waals surface area contributed by atoms with E-state index in [1.54, 1.807) is 18.2 Å². The van der Waals surface area contributed by atoms with Crippen LogP contribution < -0.4 is 5.32 Å². The number of esters is 1. The van der Waals surface area contributed by atoms with E-state index in [4.69, 9.17) is 0 Å². The van der Waals surface area contributed by atoms with Gasteiger partial charge in [0.15, 0.2) is 23.3 Å². The Bertz CT molecular complexity index is 782. The molecule has 0 atom stereocenters. The molecule has 2 aromatic carbocycles. The molecule has 0 spiro atoms. The van der Waals surface area contributed by atoms with Crippen molar-refractivity contribution < 1.29 is 36.3 Å². The number of hydrogen-bond acceptors (Lipinski definition) is 3. The lowest BCUT2D eigenvalue weighted by Crippen LogP contribution is -2.30. The van der Waals surface area contributed by atoms with Gasteiger partial charge in [-0.25, -0.2) is 22.0 Å². The molecule has 1 amide bonds. The molecule has 9 heteroatoms. The molecule has 0 radical (unpaired) electrons. The van der Waals surface area contributed by atoms with Gasteiger partial charge in [-0.2, -0.15) is 0 Å². The first-order valence-electron chi connectivity index (χ1n) is 6.82. The van der Waals surface area contributed by atoms with Gasteiger partial charge in [-0.3, -0.25) is 9.59 Å². The monoisotopic (exact) mass is 359 g/mol. The van der Waals surface area contributed by atoms with Crippen molar-refractivity contribution in [1.29, 1.82) is 0 Å². The Morgan fingerprint density at radius 2 is 1.36 bits per heavy atom. The minimum Gasteiger partial charge on any atom is -0.459 e. The summed E-state index contributed by atoms with van der Waals surface area (Å²) in [5.41, 5.74) is -1.02. The summed E-state index contributed by atoms with van der Waals surface area (Å²) < 4.78 is 70.2. The van der Waals surface area contributed by atoms with E-state index in [2.05, 4.69) is 10.1 Å². The molecule has 1 N–H and O–H groups in total. The number of carbonyl (C=O) groups excluding carboxylic acids is 2. The third-order valence-electron chi connectivity index (χ3n) is 3.11. The molecule has 0 bridgehead atoms. The predicted molar refractivity (Wildman–Crippen MR) is 74.8 cm³/mol. The van der Waals surface area contributed by atoms with E-state index in [1.165, 1.54) is 12.1 Å². The van der Waals surface area contributed by atoms with Gasteiger partial charge in [-0.1, -0.05) is 18.2 Å². The largest absolute Gasteiger partial charge is 0.459 e. The second kappa shape index (κ2) is 7.73. The number of nitrogens with one attached hydrogen (secondary N) is 1. The lowest BCUT2D eigenvalue weighted by Gasteiger charge is -2.09. The van der Waals surface area contributed by atoms with Crippen LogP contribution in [-0.4, -0.2) is 18.4 Å². The van der Waals surface area contributed by atoms with E-state index in [0.717, 1.165) is 0 Å². The molecule has 4 nitrogen and oxygen atoms in total. The molecule has 0 fully saturated rings. The van der Waals surface area contributed by atoms with Gasteiger partial charge in [-0.05, 0) is 12.1 Å². The van der Waals surface area contributed by atoms with Crippen LogP contribution in [-0.2, 0) is 16.1 Å². The first kappa shape index (κ1) is 18.4. The maximum Gasteiger partial charge on any atom is 0.325 e. The molecule has 2 rings (SSSR count). The second-order valence-electron chi connectivity index (χ2n) is 4.76. The van der Waals surface area contributed by atoms with Crippen molar-refractivity contribution in [3.8, 4) is 0 Å². The number of benzene rings is 2. The van der Waals surface area contributed by atoms with Crippen LogP contribution in [0.15, 0.2) is 30.3 Å². The first-order chi connectivity index (χ1) is 11.8. The maximum atomic E-state index is 13.4. The Morgan fingerprint density at radius 3 is 1.92 bits per heavy atom. The quantitative estimate of drug-likeness (QED) is 0.387. The van der Waals surface area contributed by atoms with Crippen molar-refractivity contribution in [2.45, 2.75) is 6.61 Å². The highest BCUT2D eigenvalue weighted by atomic mass is 19.2. The van der Waals surface area contributed by atoms with Crippen molar-refractivity contribution in [3.05, 3.63) is 70.5 Å². The number of amides is 1. The van der Waals surface area contributed by atoms with Gasteiger partial charge < -0.3 is 10.1 Å². The van der Waals surface area contributed by atoms with Gasteiger partial charge in [0.05, 0.1) is 5.56 Å². The van der Waals surface area contributed by atoms with Crippen LogP contribution in [0.1, 0.15) is 15.9 Å². The summed E-state index contributed by atoms with van der Waals surface area (Å²) in [6.07, 6.45) is 0. The van der Waals surface area contributed by atoms with Gasteiger partial charge in [-0.15, -0.1) is 0 Å². The average Bonchev–Trinajstić information content (AvgIpc) is 2.63. The van der Waals surface area contributed by atoms with Crippen LogP contribution in [0.25, 0.3) is 0 Å². The van der Waals surface area contributed by atoms with E-state index in [-0.39, 0.29) is 5.56 Å². The number of ether oxygens (including phenoxy) is 1. The minimum absolute atomic E-state index is 0.259. The highest BCUT2D eigenvalue weighted by Gasteiger charge is 2.26. The van der Waals surface area contributed by atoms with Crippen LogP contribution in [0.3, 0.4) is 0 Å². The van der Waals surface area contributed by atoms with E-state index in [1.807, 2.05) is 0 Å². The molecule has 0 saturated carbocycles. The van der Waals surface area contributed by atoms with E-state index in [9.17, 15) is 31.5 Å². The molecule has 0 aliphatic rings. The van der Waals surface area contributed by atoms with Crippen LogP contribution in [0, 0.1) is 29.1 Å². The number of carbonyl (C=O) groups is 2. The van der Waals surface area contributed by atoms with Crippen LogP contribution in [0.2, 0.25) is 0 Å². The Hall–Kier alpha value is -2.97. The predicted octanol–water partition coefficient (Wildman–Crippen LogP) is 2.86. The molecular weight excluding hydrogens is 349 g/mol. The van der Waals surface area contributed by atoms with Gasteiger partial charge in [0, 0.05) is 5.56 Å². The minimum atomic E-state index is -2.31. The molecule has 0 aliphatic carbocycles. The highest BCUT2D eigenvalue weighted by Crippen LogP contribution is 2.23. The molecular formula is C16H10F5NO3. The molecule has 0 unspecified atom stereocenters. The van der Waals surface area contributed by atoms with E-state index in [0.29, 0.717) is 0 Å². The summed E-state index contributed by atoms with van der Waals surface area (Å²) in [7, 11) is 0. The number of halogens is 5. The molecule has 2 aromatic rings. The van der Waals surface area contributed by atoms with Crippen molar-refractivity contribution in [1.82, 2.24) is 5.32 Å². The zero-order valence-corrected chi connectivity index (χ0v) is 12.4. The van der Waals surface area contributed by atoms with Gasteiger partial charge in [0.25, 0.3) is 5.91 Å². The Morgan fingerprint density at radius 1 is 0.840 bits per heavy atom. The van der Waals surface area contributed by atoms with Crippen molar-refractivity contribution >= 4 is 11.9 Å². The zero-order chi connectivity index (χ0) is 18.6. The molecule has 0 saturated heterocycles. The lowest BCUT2D eigenvalue weighted by atomic mass is 10.2. The van der Waals surface area contributed by atoms with Crippen LogP contribution in [0.4, 0.5) is 22.0 Å². The number of hydrogen-bond donors (Lipinski definition) is 1. The smallest absolute Gasteiger partial charge is 0.325 e. The molecule has 132 valence electrons. The SMILES string of the molecule is O=C(CNC(=O)c1ccccc1)OCc1c(F)c(F)c(F)c(F)c1F. The standard InChI is InChI=1S/C16H10F5NO3/c17-11-9(12(18)14(20)15(21)13(11)19)7-25-10(23)6-22-16(24)8-4-2-1-3-5-8/h1-5H,6-7H2,(H,22,24). The highest BCUT2D eigenvalue weighted by molar-refractivity contribution is 5.95. The average molecular weight is 359 g/mol. The van der Waals surface area contributed by atoms with E-state index < -0.39 is 59.7 Å². The van der Waals surface area contributed by atoms with Gasteiger partial charge in [0.2, 0.25) is 5.82 Å². The topological polar surface area (TPSA) is 55.4 Å². The van der Waals surface area contributed by atoms with Crippen molar-refractivity contribution in [2.75, 3.05) is 6.54 Å². The Kier molecular flexibility index (Phi) is 5.68. The third kappa shape index (κ3) is 4.11. The molecule has 0 aliphatic heterocycles. The molecule has 25 heavy (non-hydrogen) atoms. The van der Waals surface area contributed by atoms with Crippen LogP contribution >= 0.6 is 0 Å². The normalized spacial score (nSPS) is 10.4. The Balaban J connectivity index is 1.96. The maximum absolute atomic E-state index is 13.4. The third-order valence-corrected chi connectivity index (χ3v) is 3.11. The van der Waals surface area contributed by atoms with Crippen molar-refractivity contribution in [3.63, 3.8) is 0 Å². The Labute approximate surface area is 138 Å².